The fourth-order valence-electron chi connectivity index (χ4n) is 3.36. The van der Waals surface area contributed by atoms with Crippen molar-refractivity contribution in [1.82, 2.24) is 10.3 Å². The largest absolute Gasteiger partial charge is 0.496 e. The second kappa shape index (κ2) is 7.58. The molecule has 3 aromatic rings. The summed E-state index contributed by atoms with van der Waals surface area (Å²) in [5, 5.41) is 3.49. The number of hydrogen-bond donors (Lipinski definition) is 1. The lowest BCUT2D eigenvalue weighted by atomic mass is 10.0. The molecule has 1 aliphatic rings. The van der Waals surface area contributed by atoms with Gasteiger partial charge in [0, 0.05) is 43.0 Å². The number of nitrogens with one attached hydrogen (secondary N) is 1. The lowest BCUT2D eigenvalue weighted by Gasteiger charge is -2.13. The smallest absolute Gasteiger partial charge is 0.126 e. The number of pyridine rings is 1. The summed E-state index contributed by atoms with van der Waals surface area (Å²) >= 11 is 0. The molecule has 1 N–H and O–H groups in total. The normalized spacial score (nSPS) is 15.3. The van der Waals surface area contributed by atoms with Crippen LogP contribution in [0.1, 0.15) is 11.1 Å². The van der Waals surface area contributed by atoms with Gasteiger partial charge in [0.05, 0.1) is 7.11 Å². The molecule has 0 saturated heterocycles. The standard InChI is InChI=1S/C22H22N2O2/c1-25-22-9-5-3-7-20(22)18-10-16(12-23-14-18)13-24-15-19-11-17-6-2-4-8-21(17)26-19/h2-10,12,14,19,24H,11,13,15H2,1H3. The zero-order valence-electron chi connectivity index (χ0n) is 14.8. The van der Waals surface area contributed by atoms with Gasteiger partial charge in [-0.25, -0.2) is 0 Å². The number of para-hydroxylation sites is 2. The zero-order valence-corrected chi connectivity index (χ0v) is 14.8. The van der Waals surface area contributed by atoms with E-state index in [1.54, 1.807) is 7.11 Å². The van der Waals surface area contributed by atoms with Crippen LogP contribution in [0.4, 0.5) is 0 Å². The molecule has 0 bridgehead atoms. The molecular weight excluding hydrogens is 324 g/mol. The Morgan fingerprint density at radius 1 is 1.12 bits per heavy atom. The Bertz CT molecular complexity index is 870. The molecule has 4 nitrogen and oxygen atoms in total. The first-order valence-electron chi connectivity index (χ1n) is 8.86. The molecular formula is C22H22N2O2. The van der Waals surface area contributed by atoms with Crippen LogP contribution in [0.2, 0.25) is 0 Å². The summed E-state index contributed by atoms with van der Waals surface area (Å²) in [5.41, 5.74) is 4.55. The number of rotatable bonds is 6. The molecule has 1 aliphatic heterocycles. The topological polar surface area (TPSA) is 43.4 Å². The molecule has 2 heterocycles. The molecule has 0 fully saturated rings. The van der Waals surface area contributed by atoms with Crippen LogP contribution in [0.15, 0.2) is 67.0 Å². The van der Waals surface area contributed by atoms with Gasteiger partial charge < -0.3 is 14.8 Å². The molecule has 1 unspecified atom stereocenters. The Morgan fingerprint density at radius 2 is 1.96 bits per heavy atom. The molecule has 0 saturated carbocycles. The fraction of sp³-hybridized carbons (Fsp3) is 0.227. The Morgan fingerprint density at radius 3 is 2.85 bits per heavy atom. The van der Waals surface area contributed by atoms with Crippen LogP contribution in [-0.4, -0.2) is 24.7 Å². The second-order valence-electron chi connectivity index (χ2n) is 6.46. The lowest BCUT2D eigenvalue weighted by molar-refractivity contribution is 0.227. The summed E-state index contributed by atoms with van der Waals surface area (Å²) in [6.45, 7) is 1.57. The Kier molecular flexibility index (Phi) is 4.84. The van der Waals surface area contributed by atoms with E-state index in [-0.39, 0.29) is 6.10 Å². The van der Waals surface area contributed by atoms with Crippen molar-refractivity contribution in [1.29, 1.82) is 0 Å². The van der Waals surface area contributed by atoms with Gasteiger partial charge in [-0.2, -0.15) is 0 Å². The van der Waals surface area contributed by atoms with Gasteiger partial charge in [0.1, 0.15) is 17.6 Å². The average molecular weight is 346 g/mol. The van der Waals surface area contributed by atoms with E-state index in [9.17, 15) is 0 Å². The first kappa shape index (κ1) is 16.6. The van der Waals surface area contributed by atoms with Crippen LogP contribution in [0.25, 0.3) is 11.1 Å². The fourth-order valence-corrected chi connectivity index (χ4v) is 3.36. The summed E-state index contributed by atoms with van der Waals surface area (Å²) in [6.07, 6.45) is 4.93. The highest BCUT2D eigenvalue weighted by molar-refractivity contribution is 5.70. The maximum Gasteiger partial charge on any atom is 0.126 e. The van der Waals surface area contributed by atoms with Crippen molar-refractivity contribution in [2.75, 3.05) is 13.7 Å². The van der Waals surface area contributed by atoms with Crippen LogP contribution in [0, 0.1) is 0 Å². The van der Waals surface area contributed by atoms with Gasteiger partial charge >= 0.3 is 0 Å². The van der Waals surface area contributed by atoms with E-state index < -0.39 is 0 Å². The SMILES string of the molecule is COc1ccccc1-c1cncc(CNCC2Cc3ccccc3O2)c1. The van der Waals surface area contributed by atoms with E-state index in [4.69, 9.17) is 9.47 Å². The summed E-state index contributed by atoms with van der Waals surface area (Å²) in [5.74, 6) is 1.87. The van der Waals surface area contributed by atoms with Crippen molar-refractivity contribution < 1.29 is 9.47 Å². The lowest BCUT2D eigenvalue weighted by Crippen LogP contribution is -2.29. The predicted octanol–water partition coefficient (Wildman–Crippen LogP) is 3.85. The van der Waals surface area contributed by atoms with Crippen molar-refractivity contribution in [3.63, 3.8) is 0 Å². The highest BCUT2D eigenvalue weighted by Gasteiger charge is 2.21. The molecule has 26 heavy (non-hydrogen) atoms. The number of benzene rings is 2. The van der Waals surface area contributed by atoms with Crippen LogP contribution in [-0.2, 0) is 13.0 Å². The minimum absolute atomic E-state index is 0.192. The first-order valence-corrected chi connectivity index (χ1v) is 8.86. The number of methoxy groups -OCH3 is 1. The number of fused-ring (bicyclic) bond motifs is 1. The second-order valence-corrected chi connectivity index (χ2v) is 6.46. The monoisotopic (exact) mass is 346 g/mol. The van der Waals surface area contributed by atoms with Crippen molar-refractivity contribution in [2.24, 2.45) is 0 Å². The third-order valence-electron chi connectivity index (χ3n) is 4.63. The maximum atomic E-state index is 5.97. The molecule has 2 aromatic carbocycles. The number of ether oxygens (including phenoxy) is 2. The molecule has 0 aliphatic carbocycles. The molecule has 0 radical (unpaired) electrons. The third-order valence-corrected chi connectivity index (χ3v) is 4.63. The van der Waals surface area contributed by atoms with Crippen LogP contribution >= 0.6 is 0 Å². The zero-order chi connectivity index (χ0) is 17.8. The van der Waals surface area contributed by atoms with E-state index >= 15 is 0 Å². The van der Waals surface area contributed by atoms with Gasteiger partial charge in [-0.3, -0.25) is 4.98 Å². The summed E-state index contributed by atoms with van der Waals surface area (Å²) in [6, 6.07) is 18.4. The van der Waals surface area contributed by atoms with Gasteiger partial charge in [-0.15, -0.1) is 0 Å². The predicted molar refractivity (Wildman–Crippen MR) is 102 cm³/mol. The summed E-state index contributed by atoms with van der Waals surface area (Å²) in [7, 11) is 1.69. The Hall–Kier alpha value is -2.85. The van der Waals surface area contributed by atoms with Gasteiger partial charge in [-0.05, 0) is 29.3 Å². The minimum atomic E-state index is 0.192. The van der Waals surface area contributed by atoms with Crippen LogP contribution in [0.5, 0.6) is 11.5 Å². The highest BCUT2D eigenvalue weighted by atomic mass is 16.5. The molecule has 4 rings (SSSR count). The third kappa shape index (κ3) is 3.55. The quantitative estimate of drug-likeness (QED) is 0.736. The van der Waals surface area contributed by atoms with Crippen LogP contribution < -0.4 is 14.8 Å². The van der Waals surface area contributed by atoms with Crippen LogP contribution in [0.3, 0.4) is 0 Å². The van der Waals surface area contributed by atoms with E-state index in [1.165, 1.54) is 5.56 Å². The van der Waals surface area contributed by atoms with Gasteiger partial charge in [0.15, 0.2) is 0 Å². The minimum Gasteiger partial charge on any atom is -0.496 e. The van der Waals surface area contributed by atoms with Crippen molar-refractivity contribution in [2.45, 2.75) is 19.1 Å². The number of hydrogen-bond acceptors (Lipinski definition) is 4. The van der Waals surface area contributed by atoms with Crippen molar-refractivity contribution >= 4 is 0 Å². The van der Waals surface area contributed by atoms with Gasteiger partial charge in [-0.1, -0.05) is 36.4 Å². The molecule has 1 aromatic heterocycles. The van der Waals surface area contributed by atoms with E-state index in [0.29, 0.717) is 0 Å². The van der Waals surface area contributed by atoms with E-state index in [2.05, 4.69) is 34.6 Å². The summed E-state index contributed by atoms with van der Waals surface area (Å²) in [4.78, 5) is 4.39. The number of nitrogens with zero attached hydrogens (tertiary/aromatic N) is 1. The maximum absolute atomic E-state index is 5.97. The summed E-state index contributed by atoms with van der Waals surface area (Å²) < 4.78 is 11.4. The molecule has 132 valence electrons. The van der Waals surface area contributed by atoms with Crippen molar-refractivity contribution in [3.05, 3.63) is 78.1 Å². The highest BCUT2D eigenvalue weighted by Crippen LogP contribution is 2.30. The molecule has 0 amide bonds. The molecule has 1 atom stereocenters. The van der Waals surface area contributed by atoms with E-state index in [1.807, 2.05) is 42.7 Å². The molecule has 0 spiro atoms. The average Bonchev–Trinajstić information content (AvgIpc) is 3.11. The van der Waals surface area contributed by atoms with Gasteiger partial charge in [0.2, 0.25) is 0 Å². The van der Waals surface area contributed by atoms with E-state index in [0.717, 1.165) is 47.7 Å². The Labute approximate surface area is 153 Å². The number of aromatic nitrogens is 1. The van der Waals surface area contributed by atoms with Gasteiger partial charge in [0.25, 0.3) is 0 Å². The Balaban J connectivity index is 1.38. The van der Waals surface area contributed by atoms with Crippen molar-refractivity contribution in [3.8, 4) is 22.6 Å². The molecule has 4 heteroatoms. The first-order chi connectivity index (χ1) is 12.8.